The van der Waals surface area contributed by atoms with Gasteiger partial charge in [-0.1, -0.05) is 13.0 Å². The standard InChI is InChI=1S/C9H14O4/c1-4-6-13-9(11)7(5-2)8(10)12-3/h5,7H,2,4,6H2,1,3H3. The Morgan fingerprint density at radius 1 is 1.46 bits per heavy atom. The van der Waals surface area contributed by atoms with Crippen LogP contribution in [0.3, 0.4) is 0 Å². The fourth-order valence-electron chi connectivity index (χ4n) is 0.708. The summed E-state index contributed by atoms with van der Waals surface area (Å²) in [5.74, 6) is -2.25. The van der Waals surface area contributed by atoms with Crippen molar-refractivity contribution in [2.75, 3.05) is 13.7 Å². The maximum atomic E-state index is 11.1. The van der Waals surface area contributed by atoms with E-state index in [1.165, 1.54) is 13.2 Å². The lowest BCUT2D eigenvalue weighted by molar-refractivity contribution is -0.157. The molecule has 0 N–H and O–H groups in total. The second-order valence-electron chi connectivity index (χ2n) is 2.40. The summed E-state index contributed by atoms with van der Waals surface area (Å²) in [5, 5.41) is 0. The Morgan fingerprint density at radius 2 is 2.08 bits per heavy atom. The third-order valence-corrected chi connectivity index (χ3v) is 1.39. The van der Waals surface area contributed by atoms with E-state index in [0.29, 0.717) is 6.61 Å². The van der Waals surface area contributed by atoms with E-state index >= 15 is 0 Å². The molecule has 4 nitrogen and oxygen atoms in total. The molecule has 0 aliphatic carbocycles. The molecule has 0 rings (SSSR count). The van der Waals surface area contributed by atoms with E-state index in [4.69, 9.17) is 4.74 Å². The Morgan fingerprint density at radius 3 is 2.46 bits per heavy atom. The van der Waals surface area contributed by atoms with Gasteiger partial charge in [0.05, 0.1) is 13.7 Å². The smallest absolute Gasteiger partial charge is 0.324 e. The molecule has 4 heteroatoms. The average molecular weight is 186 g/mol. The van der Waals surface area contributed by atoms with Gasteiger partial charge in [-0.15, -0.1) is 6.58 Å². The summed E-state index contributed by atoms with van der Waals surface area (Å²) in [6, 6.07) is 0. The summed E-state index contributed by atoms with van der Waals surface area (Å²) >= 11 is 0. The monoisotopic (exact) mass is 186 g/mol. The van der Waals surface area contributed by atoms with Gasteiger partial charge in [0.2, 0.25) is 0 Å². The molecule has 74 valence electrons. The van der Waals surface area contributed by atoms with Crippen molar-refractivity contribution in [1.29, 1.82) is 0 Å². The lowest BCUT2D eigenvalue weighted by Gasteiger charge is -2.08. The molecule has 0 saturated heterocycles. The van der Waals surface area contributed by atoms with Gasteiger partial charge in [-0.05, 0) is 6.42 Å². The predicted molar refractivity (Wildman–Crippen MR) is 47.0 cm³/mol. The second kappa shape index (κ2) is 6.22. The molecule has 0 radical (unpaired) electrons. The Balaban J connectivity index is 4.15. The second-order valence-corrected chi connectivity index (χ2v) is 2.40. The summed E-state index contributed by atoms with van der Waals surface area (Å²) in [7, 11) is 1.21. The van der Waals surface area contributed by atoms with E-state index in [1.807, 2.05) is 6.92 Å². The number of ether oxygens (including phenoxy) is 2. The van der Waals surface area contributed by atoms with Gasteiger partial charge < -0.3 is 9.47 Å². The number of carbonyl (C=O) groups excluding carboxylic acids is 2. The van der Waals surface area contributed by atoms with Crippen LogP contribution in [0.25, 0.3) is 0 Å². The first-order valence-corrected chi connectivity index (χ1v) is 4.04. The van der Waals surface area contributed by atoms with Gasteiger partial charge in [0.25, 0.3) is 0 Å². The first-order chi connectivity index (χ1) is 6.17. The third kappa shape index (κ3) is 3.73. The van der Waals surface area contributed by atoms with E-state index in [2.05, 4.69) is 11.3 Å². The van der Waals surface area contributed by atoms with Crippen LogP contribution in [0.2, 0.25) is 0 Å². The lowest BCUT2D eigenvalue weighted by Crippen LogP contribution is -2.25. The summed E-state index contributed by atoms with van der Waals surface area (Å²) in [6.45, 7) is 5.53. The Bertz CT molecular complexity index is 198. The SMILES string of the molecule is C=CC(C(=O)OC)C(=O)OCCC. The molecule has 13 heavy (non-hydrogen) atoms. The molecular formula is C9H14O4. The summed E-state index contributed by atoms with van der Waals surface area (Å²) in [6.07, 6.45) is 1.93. The molecule has 1 unspecified atom stereocenters. The van der Waals surface area contributed by atoms with Crippen molar-refractivity contribution in [3.63, 3.8) is 0 Å². The van der Waals surface area contributed by atoms with Crippen LogP contribution in [0.4, 0.5) is 0 Å². The molecule has 0 spiro atoms. The largest absolute Gasteiger partial charge is 0.468 e. The van der Waals surface area contributed by atoms with Gasteiger partial charge in [0, 0.05) is 0 Å². The van der Waals surface area contributed by atoms with E-state index in [1.54, 1.807) is 0 Å². The maximum absolute atomic E-state index is 11.1. The van der Waals surface area contributed by atoms with Crippen LogP contribution in [-0.4, -0.2) is 25.7 Å². The molecule has 0 amide bonds. The van der Waals surface area contributed by atoms with E-state index in [-0.39, 0.29) is 0 Å². The quantitative estimate of drug-likeness (QED) is 0.364. The van der Waals surface area contributed by atoms with Crippen molar-refractivity contribution >= 4 is 11.9 Å². The van der Waals surface area contributed by atoms with E-state index < -0.39 is 17.9 Å². The minimum atomic E-state index is -1.00. The lowest BCUT2D eigenvalue weighted by atomic mass is 10.1. The highest BCUT2D eigenvalue weighted by Gasteiger charge is 2.25. The molecule has 0 aliphatic rings. The van der Waals surface area contributed by atoms with Crippen LogP contribution in [0.15, 0.2) is 12.7 Å². The van der Waals surface area contributed by atoms with Gasteiger partial charge in [0.1, 0.15) is 0 Å². The highest BCUT2D eigenvalue weighted by atomic mass is 16.5. The van der Waals surface area contributed by atoms with Crippen LogP contribution in [-0.2, 0) is 19.1 Å². The molecule has 0 aromatic rings. The van der Waals surface area contributed by atoms with Crippen LogP contribution in [0.1, 0.15) is 13.3 Å². The zero-order valence-electron chi connectivity index (χ0n) is 7.91. The van der Waals surface area contributed by atoms with Gasteiger partial charge in [0.15, 0.2) is 5.92 Å². The van der Waals surface area contributed by atoms with E-state index in [9.17, 15) is 9.59 Å². The van der Waals surface area contributed by atoms with Gasteiger partial charge in [-0.25, -0.2) is 0 Å². The summed E-state index contributed by atoms with van der Waals surface area (Å²) < 4.78 is 9.15. The van der Waals surface area contributed by atoms with Gasteiger partial charge in [-0.2, -0.15) is 0 Å². The first-order valence-electron chi connectivity index (χ1n) is 4.04. The normalized spacial score (nSPS) is 11.5. The van der Waals surface area contributed by atoms with Crippen molar-refractivity contribution in [2.24, 2.45) is 5.92 Å². The van der Waals surface area contributed by atoms with Gasteiger partial charge in [-0.3, -0.25) is 9.59 Å². The van der Waals surface area contributed by atoms with Crippen LogP contribution < -0.4 is 0 Å². The minimum absolute atomic E-state index is 0.306. The average Bonchev–Trinajstić information content (AvgIpc) is 2.15. The molecule has 0 fully saturated rings. The van der Waals surface area contributed by atoms with Crippen LogP contribution in [0.5, 0.6) is 0 Å². The van der Waals surface area contributed by atoms with Crippen molar-refractivity contribution in [3.05, 3.63) is 12.7 Å². The zero-order valence-corrected chi connectivity index (χ0v) is 7.91. The predicted octanol–water partition coefficient (Wildman–Crippen LogP) is 0.915. The fourth-order valence-corrected chi connectivity index (χ4v) is 0.708. The van der Waals surface area contributed by atoms with Crippen LogP contribution >= 0.6 is 0 Å². The number of methoxy groups -OCH3 is 1. The highest BCUT2D eigenvalue weighted by molar-refractivity contribution is 5.96. The number of hydrogen-bond donors (Lipinski definition) is 0. The molecule has 1 atom stereocenters. The first kappa shape index (κ1) is 11.7. The molecule has 0 saturated carbocycles. The molecule has 0 bridgehead atoms. The highest BCUT2D eigenvalue weighted by Crippen LogP contribution is 2.03. The summed E-state index contributed by atoms with van der Waals surface area (Å²) in [5.41, 5.74) is 0. The molecular weight excluding hydrogens is 172 g/mol. The molecule has 0 heterocycles. The third-order valence-electron chi connectivity index (χ3n) is 1.39. The maximum Gasteiger partial charge on any atom is 0.324 e. The number of esters is 2. The molecule has 0 aliphatic heterocycles. The minimum Gasteiger partial charge on any atom is -0.468 e. The van der Waals surface area contributed by atoms with Crippen LogP contribution in [0, 0.1) is 5.92 Å². The van der Waals surface area contributed by atoms with Crippen molar-refractivity contribution in [3.8, 4) is 0 Å². The zero-order chi connectivity index (χ0) is 10.3. The Hall–Kier alpha value is -1.32. The Kier molecular flexibility index (Phi) is 5.59. The molecule has 0 aromatic heterocycles. The topological polar surface area (TPSA) is 52.6 Å². The number of rotatable bonds is 5. The fraction of sp³-hybridized carbons (Fsp3) is 0.556. The number of carbonyl (C=O) groups is 2. The van der Waals surface area contributed by atoms with Crippen molar-refractivity contribution < 1.29 is 19.1 Å². The van der Waals surface area contributed by atoms with E-state index in [0.717, 1.165) is 6.42 Å². The van der Waals surface area contributed by atoms with Crippen molar-refractivity contribution in [1.82, 2.24) is 0 Å². The Labute approximate surface area is 77.5 Å². The number of hydrogen-bond acceptors (Lipinski definition) is 4. The van der Waals surface area contributed by atoms with Gasteiger partial charge >= 0.3 is 11.9 Å². The summed E-state index contributed by atoms with van der Waals surface area (Å²) in [4.78, 5) is 22.1. The van der Waals surface area contributed by atoms with Crippen molar-refractivity contribution in [2.45, 2.75) is 13.3 Å². The molecule has 0 aromatic carbocycles.